The summed E-state index contributed by atoms with van der Waals surface area (Å²) in [6, 6.07) is 16.7. The Bertz CT molecular complexity index is 802. The zero-order chi connectivity index (χ0) is 19.3. The molecular weight excluding hydrogens is 334 g/mol. The minimum atomic E-state index is -0.362. The van der Waals surface area contributed by atoms with Crippen molar-refractivity contribution in [3.05, 3.63) is 59.7 Å². The van der Waals surface area contributed by atoms with Gasteiger partial charge in [-0.2, -0.15) is 0 Å². The van der Waals surface area contributed by atoms with Gasteiger partial charge in [-0.15, -0.1) is 12.3 Å². The predicted molar refractivity (Wildman–Crippen MR) is 110 cm³/mol. The second-order valence-electron chi connectivity index (χ2n) is 7.75. The summed E-state index contributed by atoms with van der Waals surface area (Å²) in [7, 11) is 0. The summed E-state index contributed by atoms with van der Waals surface area (Å²) in [5.41, 5.74) is 4.60. The number of terminal acetylenes is 1. The van der Waals surface area contributed by atoms with E-state index in [2.05, 4.69) is 35.5 Å². The lowest BCUT2D eigenvalue weighted by Gasteiger charge is -2.26. The number of carbonyl (C=O) groups is 1. The minimum absolute atomic E-state index is 0.0851. The number of alkyl carbamates (subject to hydrolysis) is 1. The van der Waals surface area contributed by atoms with E-state index in [0.29, 0.717) is 6.61 Å². The molecule has 3 nitrogen and oxygen atoms in total. The number of unbranched alkanes of at least 4 members (excludes halogenated alkanes) is 2. The molecule has 3 rings (SSSR count). The van der Waals surface area contributed by atoms with E-state index in [0.717, 1.165) is 25.7 Å². The summed E-state index contributed by atoms with van der Waals surface area (Å²) in [4.78, 5) is 12.4. The van der Waals surface area contributed by atoms with Crippen LogP contribution in [0.4, 0.5) is 4.79 Å². The lowest BCUT2D eigenvalue weighted by atomic mass is 9.97. The Labute approximate surface area is 162 Å². The highest BCUT2D eigenvalue weighted by Gasteiger charge is 2.29. The lowest BCUT2D eigenvalue weighted by Crippen LogP contribution is -2.43. The first kappa shape index (κ1) is 19.0. The van der Waals surface area contributed by atoms with E-state index in [1.807, 2.05) is 38.1 Å². The molecule has 0 radical (unpaired) electrons. The highest BCUT2D eigenvalue weighted by Crippen LogP contribution is 2.44. The SMILES string of the molecule is C#CCCCCC(C)(C)NC(=O)OCC1c2ccccc2-c2ccccc21. The van der Waals surface area contributed by atoms with Gasteiger partial charge < -0.3 is 10.1 Å². The van der Waals surface area contributed by atoms with Crippen LogP contribution in [0, 0.1) is 12.3 Å². The fourth-order valence-electron chi connectivity index (χ4n) is 3.77. The van der Waals surface area contributed by atoms with E-state index in [9.17, 15) is 4.79 Å². The van der Waals surface area contributed by atoms with Crippen molar-refractivity contribution in [2.45, 2.75) is 51.0 Å². The fraction of sp³-hybridized carbons (Fsp3) is 0.375. The van der Waals surface area contributed by atoms with E-state index in [1.165, 1.54) is 22.3 Å². The van der Waals surface area contributed by atoms with Gasteiger partial charge in [-0.05, 0) is 48.9 Å². The second kappa shape index (κ2) is 8.31. The molecule has 140 valence electrons. The fourth-order valence-corrected chi connectivity index (χ4v) is 3.77. The molecule has 0 heterocycles. The molecule has 0 saturated carbocycles. The zero-order valence-corrected chi connectivity index (χ0v) is 16.1. The predicted octanol–water partition coefficient (Wildman–Crippen LogP) is 5.50. The molecule has 3 heteroatoms. The number of amides is 1. The maximum Gasteiger partial charge on any atom is 0.407 e. The molecule has 1 amide bonds. The smallest absolute Gasteiger partial charge is 0.407 e. The van der Waals surface area contributed by atoms with E-state index in [4.69, 9.17) is 11.2 Å². The highest BCUT2D eigenvalue weighted by molar-refractivity contribution is 5.79. The van der Waals surface area contributed by atoms with E-state index in [-0.39, 0.29) is 17.6 Å². The molecule has 1 aliphatic carbocycles. The summed E-state index contributed by atoms with van der Waals surface area (Å²) in [5, 5.41) is 2.99. The first-order valence-electron chi connectivity index (χ1n) is 9.58. The molecule has 0 atom stereocenters. The van der Waals surface area contributed by atoms with Crippen LogP contribution in [0.25, 0.3) is 11.1 Å². The quantitative estimate of drug-likeness (QED) is 0.522. The Balaban J connectivity index is 1.60. The number of carbonyl (C=O) groups excluding carboxylic acids is 1. The maximum atomic E-state index is 12.4. The van der Waals surface area contributed by atoms with Gasteiger partial charge in [0.15, 0.2) is 0 Å². The van der Waals surface area contributed by atoms with Crippen LogP contribution in [0.15, 0.2) is 48.5 Å². The monoisotopic (exact) mass is 361 g/mol. The summed E-state index contributed by atoms with van der Waals surface area (Å²) in [6.07, 6.45) is 8.54. The molecule has 0 spiro atoms. The van der Waals surface area contributed by atoms with E-state index < -0.39 is 0 Å². The first-order valence-corrected chi connectivity index (χ1v) is 9.58. The Morgan fingerprint density at radius 1 is 1.07 bits per heavy atom. The van der Waals surface area contributed by atoms with Crippen LogP contribution in [0.5, 0.6) is 0 Å². The lowest BCUT2D eigenvalue weighted by molar-refractivity contribution is 0.131. The molecule has 1 N–H and O–H groups in total. The first-order chi connectivity index (χ1) is 13.0. The van der Waals surface area contributed by atoms with Crippen molar-refractivity contribution in [3.8, 4) is 23.5 Å². The number of benzene rings is 2. The number of fused-ring (bicyclic) bond motifs is 3. The minimum Gasteiger partial charge on any atom is -0.449 e. The normalized spacial score (nSPS) is 12.8. The Morgan fingerprint density at radius 3 is 2.26 bits per heavy atom. The highest BCUT2D eigenvalue weighted by atomic mass is 16.5. The number of rotatable bonds is 7. The van der Waals surface area contributed by atoms with Gasteiger partial charge in [0.25, 0.3) is 0 Å². The van der Waals surface area contributed by atoms with Crippen molar-refractivity contribution in [3.63, 3.8) is 0 Å². The molecule has 27 heavy (non-hydrogen) atoms. The number of ether oxygens (including phenoxy) is 1. The van der Waals surface area contributed by atoms with E-state index >= 15 is 0 Å². The molecule has 0 fully saturated rings. The second-order valence-corrected chi connectivity index (χ2v) is 7.75. The average Bonchev–Trinajstić information content (AvgIpc) is 2.97. The summed E-state index contributed by atoms with van der Waals surface area (Å²) in [6.45, 7) is 4.38. The van der Waals surface area contributed by atoms with Gasteiger partial charge in [0.1, 0.15) is 6.61 Å². The molecule has 2 aromatic carbocycles. The molecule has 0 unspecified atom stereocenters. The standard InChI is InChI=1S/C24H27NO2/c1-4-5-6-11-16-24(2,3)25-23(26)27-17-22-20-14-9-7-12-18(20)19-13-8-10-15-21(19)22/h1,7-10,12-15,22H,5-6,11,16-17H2,2-3H3,(H,25,26). The molecule has 0 saturated heterocycles. The molecule has 0 aromatic heterocycles. The molecule has 0 bridgehead atoms. The summed E-state index contributed by atoms with van der Waals surface area (Å²) >= 11 is 0. The van der Waals surface area contributed by atoms with Crippen molar-refractivity contribution in [2.75, 3.05) is 6.61 Å². The third-order valence-electron chi connectivity index (χ3n) is 5.16. The topological polar surface area (TPSA) is 38.3 Å². The van der Waals surface area contributed by atoms with Crippen LogP contribution in [-0.2, 0) is 4.74 Å². The van der Waals surface area contributed by atoms with Crippen LogP contribution in [0.2, 0.25) is 0 Å². The van der Waals surface area contributed by atoms with Crippen LogP contribution in [0.3, 0.4) is 0 Å². The Morgan fingerprint density at radius 2 is 1.67 bits per heavy atom. The number of hydrogen-bond donors (Lipinski definition) is 1. The van der Waals surface area contributed by atoms with Crippen molar-refractivity contribution >= 4 is 6.09 Å². The van der Waals surface area contributed by atoms with Crippen LogP contribution in [0.1, 0.15) is 56.6 Å². The van der Waals surface area contributed by atoms with Crippen LogP contribution < -0.4 is 5.32 Å². The van der Waals surface area contributed by atoms with Gasteiger partial charge in [-0.1, -0.05) is 55.0 Å². The van der Waals surface area contributed by atoms with E-state index in [1.54, 1.807) is 0 Å². The zero-order valence-electron chi connectivity index (χ0n) is 16.1. The van der Waals surface area contributed by atoms with Crippen molar-refractivity contribution in [2.24, 2.45) is 0 Å². The van der Waals surface area contributed by atoms with Crippen LogP contribution in [-0.4, -0.2) is 18.2 Å². The van der Waals surface area contributed by atoms with Gasteiger partial charge in [0, 0.05) is 17.9 Å². The Hall–Kier alpha value is -2.73. The largest absolute Gasteiger partial charge is 0.449 e. The molecule has 2 aromatic rings. The van der Waals surface area contributed by atoms with Gasteiger partial charge in [-0.3, -0.25) is 0 Å². The van der Waals surface area contributed by atoms with Crippen LogP contribution >= 0.6 is 0 Å². The summed E-state index contributed by atoms with van der Waals surface area (Å²) in [5.74, 6) is 2.74. The molecule has 0 aliphatic heterocycles. The van der Waals surface area contributed by atoms with Gasteiger partial charge in [0.2, 0.25) is 0 Å². The maximum absolute atomic E-state index is 12.4. The third kappa shape index (κ3) is 4.52. The average molecular weight is 361 g/mol. The van der Waals surface area contributed by atoms with Crippen molar-refractivity contribution < 1.29 is 9.53 Å². The third-order valence-corrected chi connectivity index (χ3v) is 5.16. The van der Waals surface area contributed by atoms with Gasteiger partial charge in [-0.25, -0.2) is 4.79 Å². The Kier molecular flexibility index (Phi) is 5.86. The van der Waals surface area contributed by atoms with Gasteiger partial charge in [0.05, 0.1) is 0 Å². The van der Waals surface area contributed by atoms with Gasteiger partial charge >= 0.3 is 6.09 Å². The summed E-state index contributed by atoms with van der Waals surface area (Å²) < 4.78 is 5.62. The number of nitrogens with one attached hydrogen (secondary N) is 1. The van der Waals surface area contributed by atoms with Crippen molar-refractivity contribution in [1.82, 2.24) is 5.32 Å². The number of hydrogen-bond acceptors (Lipinski definition) is 2. The molecular formula is C24H27NO2. The van der Waals surface area contributed by atoms with Crippen molar-refractivity contribution in [1.29, 1.82) is 0 Å². The molecule has 1 aliphatic rings.